The molecule has 1 heterocycles. The molecule has 1 aliphatic heterocycles. The summed E-state index contributed by atoms with van der Waals surface area (Å²) in [5, 5.41) is 6.43. The van der Waals surface area contributed by atoms with Crippen LogP contribution in [-0.2, 0) is 4.79 Å². The SMILES string of the molecule is O=C(NC1CC1c1ccccc1)C1CSCCN1. The Labute approximate surface area is 112 Å². The van der Waals surface area contributed by atoms with E-state index in [4.69, 9.17) is 0 Å². The lowest BCUT2D eigenvalue weighted by Gasteiger charge is -2.22. The van der Waals surface area contributed by atoms with Crippen LogP contribution >= 0.6 is 11.8 Å². The van der Waals surface area contributed by atoms with Crippen LogP contribution < -0.4 is 10.6 Å². The van der Waals surface area contributed by atoms with E-state index in [2.05, 4.69) is 34.9 Å². The van der Waals surface area contributed by atoms with Crippen LogP contribution in [0.4, 0.5) is 0 Å². The summed E-state index contributed by atoms with van der Waals surface area (Å²) < 4.78 is 0. The summed E-state index contributed by atoms with van der Waals surface area (Å²) in [6.07, 6.45) is 1.08. The lowest BCUT2D eigenvalue weighted by Crippen LogP contribution is -2.49. The van der Waals surface area contributed by atoms with Gasteiger partial charge in [-0.25, -0.2) is 0 Å². The molecular weight excluding hydrogens is 244 g/mol. The normalized spacial score (nSPS) is 30.8. The predicted octanol–water partition coefficient (Wildman–Crippen LogP) is 1.36. The van der Waals surface area contributed by atoms with Crippen LogP contribution in [0.5, 0.6) is 0 Å². The van der Waals surface area contributed by atoms with E-state index >= 15 is 0 Å². The zero-order chi connectivity index (χ0) is 12.4. The van der Waals surface area contributed by atoms with Gasteiger partial charge in [0.1, 0.15) is 0 Å². The van der Waals surface area contributed by atoms with E-state index in [0.29, 0.717) is 12.0 Å². The standard InChI is InChI=1S/C14H18N2OS/c17-14(13-9-18-7-6-15-13)16-12-8-11(12)10-4-2-1-3-5-10/h1-5,11-13,15H,6-9H2,(H,16,17). The van der Waals surface area contributed by atoms with Crippen molar-refractivity contribution in [3.05, 3.63) is 35.9 Å². The molecule has 2 aliphatic rings. The number of hydrogen-bond acceptors (Lipinski definition) is 3. The molecule has 0 bridgehead atoms. The summed E-state index contributed by atoms with van der Waals surface area (Å²) in [5.74, 6) is 2.70. The van der Waals surface area contributed by atoms with Crippen molar-refractivity contribution in [2.75, 3.05) is 18.1 Å². The summed E-state index contributed by atoms with van der Waals surface area (Å²) in [4.78, 5) is 12.0. The van der Waals surface area contributed by atoms with Crippen LogP contribution in [0.25, 0.3) is 0 Å². The van der Waals surface area contributed by atoms with Gasteiger partial charge >= 0.3 is 0 Å². The minimum Gasteiger partial charge on any atom is -0.351 e. The van der Waals surface area contributed by atoms with Crippen LogP contribution in [0.2, 0.25) is 0 Å². The number of thioether (sulfide) groups is 1. The fourth-order valence-electron chi connectivity index (χ4n) is 2.44. The van der Waals surface area contributed by atoms with Gasteiger partial charge < -0.3 is 10.6 Å². The second-order valence-corrected chi connectivity index (χ2v) is 6.10. The number of carbonyl (C=O) groups excluding carboxylic acids is 1. The highest BCUT2D eigenvalue weighted by Gasteiger charge is 2.40. The average molecular weight is 262 g/mol. The van der Waals surface area contributed by atoms with Gasteiger partial charge in [-0.2, -0.15) is 11.8 Å². The van der Waals surface area contributed by atoms with Crippen LogP contribution in [0.15, 0.2) is 30.3 Å². The molecule has 3 unspecified atom stereocenters. The largest absolute Gasteiger partial charge is 0.351 e. The molecule has 3 rings (SSSR count). The van der Waals surface area contributed by atoms with Gasteiger partial charge in [0.15, 0.2) is 0 Å². The maximum atomic E-state index is 12.0. The molecule has 0 spiro atoms. The number of benzene rings is 1. The number of carbonyl (C=O) groups is 1. The Morgan fingerprint density at radius 1 is 1.33 bits per heavy atom. The van der Waals surface area contributed by atoms with Gasteiger partial charge in [-0.15, -0.1) is 0 Å². The van der Waals surface area contributed by atoms with Gasteiger partial charge in [0.05, 0.1) is 6.04 Å². The fourth-order valence-corrected chi connectivity index (χ4v) is 3.37. The molecule has 2 fully saturated rings. The monoisotopic (exact) mass is 262 g/mol. The summed E-state index contributed by atoms with van der Waals surface area (Å²) >= 11 is 1.85. The van der Waals surface area contributed by atoms with Crippen molar-refractivity contribution in [3.8, 4) is 0 Å². The highest BCUT2D eigenvalue weighted by molar-refractivity contribution is 7.99. The first-order valence-electron chi connectivity index (χ1n) is 6.51. The first-order chi connectivity index (χ1) is 8.84. The van der Waals surface area contributed by atoms with Crippen molar-refractivity contribution in [1.29, 1.82) is 0 Å². The first kappa shape index (κ1) is 12.1. The quantitative estimate of drug-likeness (QED) is 0.864. The number of hydrogen-bond donors (Lipinski definition) is 2. The molecule has 2 N–H and O–H groups in total. The molecule has 1 aliphatic carbocycles. The molecule has 1 saturated heterocycles. The van der Waals surface area contributed by atoms with Gasteiger partial charge in [0.2, 0.25) is 5.91 Å². The van der Waals surface area contributed by atoms with Crippen molar-refractivity contribution < 1.29 is 4.79 Å². The molecular formula is C14H18N2OS. The fraction of sp³-hybridized carbons (Fsp3) is 0.500. The Morgan fingerprint density at radius 3 is 2.89 bits per heavy atom. The molecule has 4 heteroatoms. The number of nitrogens with one attached hydrogen (secondary N) is 2. The van der Waals surface area contributed by atoms with E-state index in [-0.39, 0.29) is 11.9 Å². The number of amides is 1. The van der Waals surface area contributed by atoms with E-state index in [1.165, 1.54) is 5.56 Å². The van der Waals surface area contributed by atoms with Crippen LogP contribution in [-0.4, -0.2) is 36.0 Å². The van der Waals surface area contributed by atoms with Crippen molar-refractivity contribution in [3.63, 3.8) is 0 Å². The maximum absolute atomic E-state index is 12.0. The first-order valence-corrected chi connectivity index (χ1v) is 7.66. The highest BCUT2D eigenvalue weighted by Crippen LogP contribution is 2.40. The van der Waals surface area contributed by atoms with Crippen LogP contribution in [0.3, 0.4) is 0 Å². The molecule has 1 aromatic carbocycles. The second-order valence-electron chi connectivity index (χ2n) is 4.95. The minimum absolute atomic E-state index is 0.000716. The van der Waals surface area contributed by atoms with Crippen molar-refractivity contribution in [1.82, 2.24) is 10.6 Å². The summed E-state index contributed by atoms with van der Waals surface area (Å²) in [6.45, 7) is 0.940. The molecule has 1 amide bonds. The Balaban J connectivity index is 1.51. The lowest BCUT2D eigenvalue weighted by atomic mass is 10.1. The second kappa shape index (κ2) is 5.33. The van der Waals surface area contributed by atoms with Crippen LogP contribution in [0, 0.1) is 0 Å². The van der Waals surface area contributed by atoms with E-state index < -0.39 is 0 Å². The van der Waals surface area contributed by atoms with Gasteiger partial charge in [-0.3, -0.25) is 4.79 Å². The maximum Gasteiger partial charge on any atom is 0.238 e. The van der Waals surface area contributed by atoms with Gasteiger partial charge in [0, 0.05) is 30.0 Å². The topological polar surface area (TPSA) is 41.1 Å². The Kier molecular flexibility index (Phi) is 3.57. The predicted molar refractivity (Wildman–Crippen MR) is 74.8 cm³/mol. The Morgan fingerprint density at radius 2 is 2.17 bits per heavy atom. The van der Waals surface area contributed by atoms with Gasteiger partial charge in [0.25, 0.3) is 0 Å². The van der Waals surface area contributed by atoms with Crippen molar-refractivity contribution >= 4 is 17.7 Å². The van der Waals surface area contributed by atoms with Gasteiger partial charge in [-0.05, 0) is 12.0 Å². The summed E-state index contributed by atoms with van der Waals surface area (Å²) in [5.41, 5.74) is 1.34. The third kappa shape index (κ3) is 2.70. The zero-order valence-electron chi connectivity index (χ0n) is 10.3. The lowest BCUT2D eigenvalue weighted by molar-refractivity contribution is -0.122. The molecule has 1 aromatic rings. The summed E-state index contributed by atoms with van der Waals surface area (Å²) in [7, 11) is 0. The minimum atomic E-state index is 0.000716. The zero-order valence-corrected chi connectivity index (χ0v) is 11.1. The molecule has 3 atom stereocenters. The van der Waals surface area contributed by atoms with Crippen molar-refractivity contribution in [2.45, 2.75) is 24.4 Å². The molecule has 18 heavy (non-hydrogen) atoms. The Hall–Kier alpha value is -1.00. The van der Waals surface area contributed by atoms with Gasteiger partial charge in [-0.1, -0.05) is 30.3 Å². The third-order valence-electron chi connectivity index (χ3n) is 3.58. The molecule has 3 nitrogen and oxygen atoms in total. The van der Waals surface area contributed by atoms with E-state index in [1.54, 1.807) is 0 Å². The number of rotatable bonds is 3. The van der Waals surface area contributed by atoms with Crippen LogP contribution in [0.1, 0.15) is 17.9 Å². The molecule has 0 aromatic heterocycles. The van der Waals surface area contributed by atoms with E-state index in [9.17, 15) is 4.79 Å². The molecule has 1 saturated carbocycles. The summed E-state index contributed by atoms with van der Waals surface area (Å²) in [6, 6.07) is 10.8. The third-order valence-corrected chi connectivity index (χ3v) is 4.65. The van der Waals surface area contributed by atoms with Crippen molar-refractivity contribution in [2.24, 2.45) is 0 Å². The molecule has 0 radical (unpaired) electrons. The molecule has 96 valence electrons. The smallest absolute Gasteiger partial charge is 0.238 e. The van der Waals surface area contributed by atoms with E-state index in [1.807, 2.05) is 17.8 Å². The average Bonchev–Trinajstić information content (AvgIpc) is 3.20. The Bertz CT molecular complexity index is 417. The highest BCUT2D eigenvalue weighted by atomic mass is 32.2. The van der Waals surface area contributed by atoms with E-state index in [0.717, 1.165) is 24.5 Å².